The van der Waals surface area contributed by atoms with Crippen LogP contribution < -0.4 is 5.32 Å². The number of hydrogen-bond acceptors (Lipinski definition) is 5. The highest BCUT2D eigenvalue weighted by atomic mass is 19.1. The average molecular weight is 390 g/mol. The van der Waals surface area contributed by atoms with Crippen LogP contribution in [0.25, 0.3) is 11.0 Å². The predicted octanol–water partition coefficient (Wildman–Crippen LogP) is 4.35. The normalized spacial score (nSPS) is 11.1. The average Bonchev–Trinajstić information content (AvgIpc) is 3.11. The van der Waals surface area contributed by atoms with Gasteiger partial charge in [0.2, 0.25) is 5.95 Å². The molecule has 4 rings (SSSR count). The van der Waals surface area contributed by atoms with Gasteiger partial charge < -0.3 is 10.3 Å². The van der Waals surface area contributed by atoms with Gasteiger partial charge >= 0.3 is 0 Å². The Hall–Kier alpha value is -3.35. The van der Waals surface area contributed by atoms with E-state index < -0.39 is 5.95 Å². The van der Waals surface area contributed by atoms with E-state index in [1.54, 1.807) is 24.5 Å². The molecule has 4 heterocycles. The first kappa shape index (κ1) is 19.0. The summed E-state index contributed by atoms with van der Waals surface area (Å²) in [6.45, 7) is 4.58. The molecule has 0 saturated heterocycles. The van der Waals surface area contributed by atoms with Gasteiger partial charge in [-0.05, 0) is 36.6 Å². The lowest BCUT2D eigenvalue weighted by Gasteiger charge is -2.08. The van der Waals surface area contributed by atoms with Gasteiger partial charge in [0, 0.05) is 60.7 Å². The van der Waals surface area contributed by atoms with Gasteiger partial charge in [-0.15, -0.1) is 0 Å². The Morgan fingerprint density at radius 3 is 2.66 bits per heavy atom. The van der Waals surface area contributed by atoms with Crippen LogP contribution in [-0.4, -0.2) is 24.9 Å². The van der Waals surface area contributed by atoms with Crippen LogP contribution in [0.2, 0.25) is 0 Å². The second-order valence-corrected chi connectivity index (χ2v) is 7.16. The Balaban J connectivity index is 1.44. The van der Waals surface area contributed by atoms with E-state index in [0.29, 0.717) is 24.3 Å². The molecule has 0 aliphatic heterocycles. The van der Waals surface area contributed by atoms with E-state index in [0.717, 1.165) is 46.4 Å². The topological polar surface area (TPSA) is 79.4 Å². The first-order valence-electron chi connectivity index (χ1n) is 9.74. The summed E-state index contributed by atoms with van der Waals surface area (Å²) in [5.74, 6) is 0.854. The highest BCUT2D eigenvalue weighted by Gasteiger charge is 2.11. The van der Waals surface area contributed by atoms with E-state index in [-0.39, 0.29) is 0 Å². The summed E-state index contributed by atoms with van der Waals surface area (Å²) < 4.78 is 14.6. The maximum absolute atomic E-state index is 14.6. The lowest BCUT2D eigenvalue weighted by Crippen LogP contribution is -2.05. The number of hydrogen-bond donors (Lipinski definition) is 2. The van der Waals surface area contributed by atoms with Crippen LogP contribution >= 0.6 is 0 Å². The molecule has 0 fully saturated rings. The van der Waals surface area contributed by atoms with E-state index in [1.165, 1.54) is 0 Å². The van der Waals surface area contributed by atoms with Crippen molar-refractivity contribution in [2.45, 2.75) is 39.7 Å². The number of nitrogens with zero attached hydrogens (tertiary/aromatic N) is 4. The molecule has 6 nitrogen and oxygen atoms in total. The molecule has 0 radical (unpaired) electrons. The van der Waals surface area contributed by atoms with Crippen molar-refractivity contribution in [3.05, 3.63) is 77.0 Å². The Morgan fingerprint density at radius 2 is 1.90 bits per heavy atom. The van der Waals surface area contributed by atoms with Crippen LogP contribution in [0.15, 0.2) is 43.0 Å². The monoisotopic (exact) mass is 390 g/mol. The zero-order valence-electron chi connectivity index (χ0n) is 16.5. The number of halogens is 1. The van der Waals surface area contributed by atoms with E-state index >= 15 is 0 Å². The molecule has 0 amide bonds. The molecule has 0 bridgehead atoms. The first-order chi connectivity index (χ1) is 14.1. The van der Waals surface area contributed by atoms with Gasteiger partial charge in [-0.25, -0.2) is 19.9 Å². The Bertz CT molecular complexity index is 1120. The summed E-state index contributed by atoms with van der Waals surface area (Å²) in [5.41, 5.74) is 4.36. The fourth-order valence-corrected chi connectivity index (χ4v) is 3.23. The van der Waals surface area contributed by atoms with Crippen molar-refractivity contribution in [2.24, 2.45) is 0 Å². The molecule has 29 heavy (non-hydrogen) atoms. The zero-order valence-corrected chi connectivity index (χ0v) is 16.5. The van der Waals surface area contributed by atoms with Crippen molar-refractivity contribution in [2.75, 3.05) is 5.32 Å². The second kappa shape index (κ2) is 8.34. The van der Waals surface area contributed by atoms with Gasteiger partial charge in [0.05, 0.1) is 0 Å². The molecule has 0 atom stereocenters. The minimum absolute atomic E-state index is 0.455. The summed E-state index contributed by atoms with van der Waals surface area (Å²) >= 11 is 0. The van der Waals surface area contributed by atoms with Crippen LogP contribution in [0.3, 0.4) is 0 Å². The summed E-state index contributed by atoms with van der Waals surface area (Å²) in [4.78, 5) is 20.2. The summed E-state index contributed by atoms with van der Waals surface area (Å²) in [6, 6.07) is 5.62. The van der Waals surface area contributed by atoms with Crippen molar-refractivity contribution in [1.29, 1.82) is 0 Å². The highest BCUT2D eigenvalue weighted by molar-refractivity contribution is 5.80. The van der Waals surface area contributed by atoms with Crippen molar-refractivity contribution in [3.8, 4) is 0 Å². The van der Waals surface area contributed by atoms with Crippen LogP contribution in [0.5, 0.6) is 0 Å². The van der Waals surface area contributed by atoms with Gasteiger partial charge in [0.15, 0.2) is 0 Å². The molecule has 4 aromatic rings. The lowest BCUT2D eigenvalue weighted by molar-refractivity contribution is 0.571. The molecule has 0 saturated carbocycles. The SMILES string of the molecule is CCCc1ncc(CNc2ccc(Cc3c[nH]c4ncc(C)cc34)c(F)n2)cn1. The summed E-state index contributed by atoms with van der Waals surface area (Å²) in [7, 11) is 0. The number of nitrogens with one attached hydrogen (secondary N) is 2. The number of fused-ring (bicyclic) bond motifs is 1. The molecule has 4 aromatic heterocycles. The fourth-order valence-electron chi connectivity index (χ4n) is 3.23. The van der Waals surface area contributed by atoms with Crippen LogP contribution in [0, 0.1) is 12.9 Å². The van der Waals surface area contributed by atoms with Crippen LogP contribution in [0.1, 0.15) is 41.4 Å². The first-order valence-corrected chi connectivity index (χ1v) is 9.74. The molecule has 2 N–H and O–H groups in total. The zero-order chi connectivity index (χ0) is 20.2. The van der Waals surface area contributed by atoms with Crippen molar-refractivity contribution < 1.29 is 4.39 Å². The van der Waals surface area contributed by atoms with Crippen LogP contribution in [0.4, 0.5) is 10.2 Å². The molecule has 0 aromatic carbocycles. The highest BCUT2D eigenvalue weighted by Crippen LogP contribution is 2.22. The lowest BCUT2D eigenvalue weighted by atomic mass is 10.1. The maximum atomic E-state index is 14.6. The van der Waals surface area contributed by atoms with E-state index in [4.69, 9.17) is 0 Å². The molecule has 7 heteroatoms. The largest absolute Gasteiger partial charge is 0.366 e. The Labute approximate surface area is 168 Å². The molecule has 148 valence electrons. The minimum Gasteiger partial charge on any atom is -0.366 e. The van der Waals surface area contributed by atoms with E-state index in [9.17, 15) is 4.39 Å². The number of aromatic nitrogens is 5. The number of pyridine rings is 2. The number of aromatic amines is 1. The van der Waals surface area contributed by atoms with Gasteiger partial charge in [-0.3, -0.25) is 0 Å². The quantitative estimate of drug-likeness (QED) is 0.459. The van der Waals surface area contributed by atoms with Gasteiger partial charge in [0.25, 0.3) is 0 Å². The third-order valence-electron chi connectivity index (χ3n) is 4.77. The molecule has 0 spiro atoms. The summed E-state index contributed by atoms with van der Waals surface area (Å²) in [6.07, 6.45) is 9.62. The third-order valence-corrected chi connectivity index (χ3v) is 4.77. The second-order valence-electron chi connectivity index (χ2n) is 7.16. The Kier molecular flexibility index (Phi) is 5.46. The van der Waals surface area contributed by atoms with Gasteiger partial charge in [0.1, 0.15) is 17.3 Å². The summed E-state index contributed by atoms with van der Waals surface area (Å²) in [5, 5.41) is 4.14. The number of anilines is 1. The van der Waals surface area contributed by atoms with Crippen molar-refractivity contribution in [1.82, 2.24) is 24.9 Å². The fraction of sp³-hybridized carbons (Fsp3) is 0.273. The van der Waals surface area contributed by atoms with Crippen molar-refractivity contribution >= 4 is 16.9 Å². The third kappa shape index (κ3) is 4.39. The maximum Gasteiger partial charge on any atom is 0.218 e. The molecular formula is C22H23FN6. The van der Waals surface area contributed by atoms with Crippen LogP contribution in [-0.2, 0) is 19.4 Å². The predicted molar refractivity (Wildman–Crippen MR) is 111 cm³/mol. The number of H-pyrrole nitrogens is 1. The van der Waals surface area contributed by atoms with Crippen molar-refractivity contribution in [3.63, 3.8) is 0 Å². The minimum atomic E-state index is -0.473. The molecule has 0 unspecified atom stereocenters. The molecular weight excluding hydrogens is 367 g/mol. The smallest absolute Gasteiger partial charge is 0.218 e. The number of rotatable bonds is 7. The van der Waals surface area contributed by atoms with E-state index in [2.05, 4.69) is 43.2 Å². The van der Waals surface area contributed by atoms with Gasteiger partial charge in [-0.2, -0.15) is 4.39 Å². The van der Waals surface area contributed by atoms with Gasteiger partial charge in [-0.1, -0.05) is 13.0 Å². The number of aryl methyl sites for hydroxylation is 2. The Morgan fingerprint density at radius 1 is 1.07 bits per heavy atom. The van der Waals surface area contributed by atoms with E-state index in [1.807, 2.05) is 19.3 Å². The standard InChI is InChI=1S/C22H23FN6/c1-3-4-19-24-10-15(11-25-19)12-26-20-6-5-16(21(23)29-20)8-17-13-28-22-18(17)7-14(2)9-27-22/h5-7,9-11,13H,3-4,8,12H2,1-2H3,(H,26,29)(H,27,28). The molecule has 0 aliphatic rings. The molecule has 0 aliphatic carbocycles.